The van der Waals surface area contributed by atoms with Crippen LogP contribution in [-0.2, 0) is 4.74 Å². The average molecular weight is 236 g/mol. The van der Waals surface area contributed by atoms with Gasteiger partial charge in [0.1, 0.15) is 0 Å². The zero-order valence-electron chi connectivity index (χ0n) is 10.8. The van der Waals surface area contributed by atoms with Crippen molar-refractivity contribution >= 4 is 0 Å². The van der Waals surface area contributed by atoms with Crippen molar-refractivity contribution in [3.63, 3.8) is 0 Å². The van der Waals surface area contributed by atoms with Crippen molar-refractivity contribution in [3.05, 3.63) is 11.6 Å². The van der Waals surface area contributed by atoms with E-state index in [9.17, 15) is 5.11 Å². The fraction of sp³-hybridized carbons (Fsp3) is 0.867. The van der Waals surface area contributed by atoms with Crippen molar-refractivity contribution in [1.29, 1.82) is 0 Å². The molecular weight excluding hydrogens is 212 g/mol. The Morgan fingerprint density at radius 3 is 2.82 bits per heavy atom. The Hall–Kier alpha value is -0.340. The smallest absolute Gasteiger partial charge is 0.0608 e. The number of hydrogen-bond donors (Lipinski definition) is 1. The molecule has 2 fully saturated rings. The van der Waals surface area contributed by atoms with E-state index in [4.69, 9.17) is 4.74 Å². The molecule has 1 N–H and O–H groups in total. The first kappa shape index (κ1) is 11.7. The molecule has 0 amide bonds. The molecule has 0 aromatic carbocycles. The first-order valence-corrected chi connectivity index (χ1v) is 7.20. The van der Waals surface area contributed by atoms with Crippen molar-refractivity contribution in [1.82, 2.24) is 0 Å². The van der Waals surface area contributed by atoms with Crippen molar-refractivity contribution in [2.24, 2.45) is 17.8 Å². The summed E-state index contributed by atoms with van der Waals surface area (Å²) in [6.07, 6.45) is 11.1. The van der Waals surface area contributed by atoms with Gasteiger partial charge in [-0.15, -0.1) is 0 Å². The summed E-state index contributed by atoms with van der Waals surface area (Å²) in [4.78, 5) is 0. The van der Waals surface area contributed by atoms with Crippen LogP contribution in [0.2, 0.25) is 0 Å². The molecule has 17 heavy (non-hydrogen) atoms. The van der Waals surface area contributed by atoms with Gasteiger partial charge in [0.2, 0.25) is 0 Å². The van der Waals surface area contributed by atoms with E-state index in [0.717, 1.165) is 18.8 Å². The Kier molecular flexibility index (Phi) is 3.27. The molecular formula is C15H24O2. The van der Waals surface area contributed by atoms with Crippen LogP contribution in [0.1, 0.15) is 44.9 Å². The minimum atomic E-state index is -0.0848. The highest BCUT2D eigenvalue weighted by molar-refractivity contribution is 5.20. The van der Waals surface area contributed by atoms with Crippen LogP contribution in [0.25, 0.3) is 0 Å². The Morgan fingerprint density at radius 1 is 1.18 bits per heavy atom. The summed E-state index contributed by atoms with van der Waals surface area (Å²) in [7, 11) is 1.85. The Balaban J connectivity index is 1.90. The number of hydrogen-bond acceptors (Lipinski definition) is 2. The van der Waals surface area contributed by atoms with Gasteiger partial charge in [0, 0.05) is 13.0 Å². The number of rotatable bonds is 1. The normalized spacial score (nSPS) is 45.8. The molecule has 3 aliphatic carbocycles. The fourth-order valence-corrected chi connectivity index (χ4v) is 4.38. The predicted octanol–water partition coefficient (Wildman–Crippen LogP) is 2.91. The molecule has 4 bridgehead atoms. The van der Waals surface area contributed by atoms with Crippen LogP contribution in [-0.4, -0.2) is 24.4 Å². The zero-order chi connectivity index (χ0) is 11.8. The predicted molar refractivity (Wildman–Crippen MR) is 67.7 cm³/mol. The second kappa shape index (κ2) is 4.74. The van der Waals surface area contributed by atoms with Gasteiger partial charge < -0.3 is 9.84 Å². The van der Waals surface area contributed by atoms with E-state index in [2.05, 4.69) is 6.08 Å². The van der Waals surface area contributed by atoms with Gasteiger partial charge in [-0.25, -0.2) is 0 Å². The lowest BCUT2D eigenvalue weighted by molar-refractivity contribution is -0.00374. The first-order valence-electron chi connectivity index (χ1n) is 7.20. The third kappa shape index (κ3) is 2.06. The second-order valence-corrected chi connectivity index (χ2v) is 6.08. The van der Waals surface area contributed by atoms with E-state index in [0.29, 0.717) is 17.9 Å². The van der Waals surface area contributed by atoms with E-state index in [1.165, 1.54) is 32.1 Å². The Morgan fingerprint density at radius 2 is 2.00 bits per heavy atom. The molecule has 2 heteroatoms. The summed E-state index contributed by atoms with van der Waals surface area (Å²) in [5.41, 5.74) is 1.61. The highest BCUT2D eigenvalue weighted by Gasteiger charge is 2.42. The molecule has 0 radical (unpaired) electrons. The molecule has 0 spiro atoms. The maximum absolute atomic E-state index is 10.3. The van der Waals surface area contributed by atoms with E-state index in [-0.39, 0.29) is 6.10 Å². The van der Waals surface area contributed by atoms with Crippen LogP contribution >= 0.6 is 0 Å². The van der Waals surface area contributed by atoms with Gasteiger partial charge in [-0.3, -0.25) is 0 Å². The number of allylic oxidation sites excluding steroid dienone is 1. The molecule has 0 heterocycles. The monoisotopic (exact) mass is 236 g/mol. The summed E-state index contributed by atoms with van der Waals surface area (Å²) < 4.78 is 5.62. The van der Waals surface area contributed by atoms with Crippen molar-refractivity contribution in [2.45, 2.75) is 57.2 Å². The lowest BCUT2D eigenvalue weighted by Gasteiger charge is -2.46. The molecule has 2 saturated carbocycles. The SMILES string of the molecule is CO[C@H]1CC[C@@H]2CC[C@H](O)[C@H]3C2=CCC[C@H]3C1. The number of ether oxygens (including phenoxy) is 1. The summed E-state index contributed by atoms with van der Waals surface area (Å²) in [5.74, 6) is 1.86. The lowest BCUT2D eigenvalue weighted by atomic mass is 9.62. The summed E-state index contributed by atoms with van der Waals surface area (Å²) in [5, 5.41) is 10.3. The van der Waals surface area contributed by atoms with E-state index in [1.807, 2.05) is 7.11 Å². The highest BCUT2D eigenvalue weighted by Crippen LogP contribution is 2.48. The average Bonchev–Trinajstić information content (AvgIpc) is 2.36. The molecule has 3 aliphatic rings. The summed E-state index contributed by atoms with van der Waals surface area (Å²) >= 11 is 0. The Labute approximate surface area is 104 Å². The molecule has 0 aromatic heterocycles. The second-order valence-electron chi connectivity index (χ2n) is 6.08. The minimum Gasteiger partial charge on any atom is -0.392 e. The van der Waals surface area contributed by atoms with Crippen LogP contribution in [0.15, 0.2) is 11.6 Å². The molecule has 0 saturated heterocycles. The third-order valence-electron chi connectivity index (χ3n) is 5.24. The van der Waals surface area contributed by atoms with Gasteiger partial charge in [0.25, 0.3) is 0 Å². The van der Waals surface area contributed by atoms with Crippen molar-refractivity contribution in [3.8, 4) is 0 Å². The first-order chi connectivity index (χ1) is 8.29. The van der Waals surface area contributed by atoms with Crippen LogP contribution in [0.4, 0.5) is 0 Å². The van der Waals surface area contributed by atoms with E-state index >= 15 is 0 Å². The molecule has 0 unspecified atom stereocenters. The Bertz CT molecular complexity index is 310. The molecule has 96 valence electrons. The van der Waals surface area contributed by atoms with E-state index < -0.39 is 0 Å². The quantitative estimate of drug-likeness (QED) is 0.709. The van der Waals surface area contributed by atoms with E-state index in [1.54, 1.807) is 5.57 Å². The van der Waals surface area contributed by atoms with Crippen LogP contribution < -0.4 is 0 Å². The number of aliphatic hydroxyl groups excluding tert-OH is 1. The minimum absolute atomic E-state index is 0.0848. The number of aliphatic hydroxyl groups is 1. The van der Waals surface area contributed by atoms with Crippen LogP contribution in [0.3, 0.4) is 0 Å². The maximum Gasteiger partial charge on any atom is 0.0608 e. The molecule has 0 aliphatic heterocycles. The van der Waals surface area contributed by atoms with Crippen LogP contribution in [0.5, 0.6) is 0 Å². The molecule has 5 atom stereocenters. The van der Waals surface area contributed by atoms with Gasteiger partial charge in [-0.05, 0) is 56.8 Å². The number of methoxy groups -OCH3 is 1. The lowest BCUT2D eigenvalue weighted by Crippen LogP contribution is -2.41. The van der Waals surface area contributed by atoms with Gasteiger partial charge in [0.05, 0.1) is 12.2 Å². The topological polar surface area (TPSA) is 29.5 Å². The van der Waals surface area contributed by atoms with Crippen molar-refractivity contribution < 1.29 is 9.84 Å². The van der Waals surface area contributed by atoms with Crippen LogP contribution in [0, 0.1) is 17.8 Å². The van der Waals surface area contributed by atoms with Gasteiger partial charge in [-0.2, -0.15) is 0 Å². The summed E-state index contributed by atoms with van der Waals surface area (Å²) in [6.45, 7) is 0. The molecule has 2 nitrogen and oxygen atoms in total. The van der Waals surface area contributed by atoms with Gasteiger partial charge in [-0.1, -0.05) is 11.6 Å². The molecule has 0 aromatic rings. The zero-order valence-corrected chi connectivity index (χ0v) is 10.8. The van der Waals surface area contributed by atoms with Gasteiger partial charge in [0.15, 0.2) is 0 Å². The maximum atomic E-state index is 10.3. The largest absolute Gasteiger partial charge is 0.392 e. The highest BCUT2D eigenvalue weighted by atomic mass is 16.5. The van der Waals surface area contributed by atoms with Gasteiger partial charge >= 0.3 is 0 Å². The molecule has 3 rings (SSSR count). The third-order valence-corrected chi connectivity index (χ3v) is 5.24. The standard InChI is InChI=1S/C15H24O2/c1-17-12-7-5-10-6-8-14(16)15-11(9-12)3-2-4-13(10)15/h4,10-12,14-16H,2-3,5-9H2,1H3/t10-,11+,12+,14+,15-/m1/s1. The summed E-state index contributed by atoms with van der Waals surface area (Å²) in [6, 6.07) is 0. The van der Waals surface area contributed by atoms with Crippen molar-refractivity contribution in [2.75, 3.05) is 7.11 Å². The fourth-order valence-electron chi connectivity index (χ4n) is 4.38.